The molecule has 8 heteroatoms. The van der Waals surface area contributed by atoms with Crippen molar-refractivity contribution in [3.8, 4) is 0 Å². The Morgan fingerprint density at radius 1 is 1.58 bits per heavy atom. The van der Waals surface area contributed by atoms with Crippen LogP contribution in [0.15, 0.2) is 17.3 Å². The lowest BCUT2D eigenvalue weighted by Gasteiger charge is -2.09. The molecule has 0 bridgehead atoms. The SMILES string of the molecule is O=S(=O)(NCCC1CCCO1)c1cnn(CCO)c1. The summed E-state index contributed by atoms with van der Waals surface area (Å²) in [5, 5.41) is 12.6. The molecule has 0 aromatic carbocycles. The monoisotopic (exact) mass is 289 g/mol. The molecule has 7 nitrogen and oxygen atoms in total. The van der Waals surface area contributed by atoms with Gasteiger partial charge in [0.2, 0.25) is 10.0 Å². The van der Waals surface area contributed by atoms with E-state index < -0.39 is 10.0 Å². The van der Waals surface area contributed by atoms with E-state index in [1.807, 2.05) is 0 Å². The van der Waals surface area contributed by atoms with Crippen LogP contribution in [0.5, 0.6) is 0 Å². The quantitative estimate of drug-likeness (QED) is 0.720. The summed E-state index contributed by atoms with van der Waals surface area (Å²) in [6.45, 7) is 1.34. The lowest BCUT2D eigenvalue weighted by atomic mass is 10.2. The van der Waals surface area contributed by atoms with Gasteiger partial charge in [-0.25, -0.2) is 13.1 Å². The first-order valence-corrected chi connectivity index (χ1v) is 7.85. The predicted molar refractivity (Wildman–Crippen MR) is 68.1 cm³/mol. The van der Waals surface area contributed by atoms with Crippen molar-refractivity contribution in [2.45, 2.75) is 36.8 Å². The minimum absolute atomic E-state index is 0.0758. The Hall–Kier alpha value is -0.960. The molecule has 1 aliphatic heterocycles. The fourth-order valence-corrected chi connectivity index (χ4v) is 3.02. The van der Waals surface area contributed by atoms with Gasteiger partial charge in [-0.15, -0.1) is 0 Å². The third kappa shape index (κ3) is 4.00. The minimum atomic E-state index is -3.52. The summed E-state index contributed by atoms with van der Waals surface area (Å²) in [6, 6.07) is 0. The number of aliphatic hydroxyl groups excluding tert-OH is 1. The van der Waals surface area contributed by atoms with Gasteiger partial charge < -0.3 is 9.84 Å². The molecular formula is C11H19N3O4S. The maximum atomic E-state index is 12.0. The number of rotatable bonds is 7. The highest BCUT2D eigenvalue weighted by molar-refractivity contribution is 7.89. The number of hydrogen-bond donors (Lipinski definition) is 2. The average Bonchev–Trinajstić information content (AvgIpc) is 3.00. The molecule has 108 valence electrons. The fraction of sp³-hybridized carbons (Fsp3) is 0.727. The van der Waals surface area contributed by atoms with Crippen LogP contribution in [0.1, 0.15) is 19.3 Å². The van der Waals surface area contributed by atoms with Gasteiger partial charge in [0.05, 0.1) is 25.5 Å². The molecule has 0 aliphatic carbocycles. The van der Waals surface area contributed by atoms with Gasteiger partial charge in [0.15, 0.2) is 0 Å². The van der Waals surface area contributed by atoms with E-state index in [0.717, 1.165) is 19.4 Å². The smallest absolute Gasteiger partial charge is 0.243 e. The summed E-state index contributed by atoms with van der Waals surface area (Å²) in [6.07, 6.45) is 5.58. The molecule has 1 fully saturated rings. The predicted octanol–water partition coefficient (Wildman–Crippen LogP) is -0.277. The molecule has 1 aromatic rings. The van der Waals surface area contributed by atoms with E-state index in [2.05, 4.69) is 9.82 Å². The molecule has 0 spiro atoms. The fourth-order valence-electron chi connectivity index (χ4n) is 2.02. The maximum Gasteiger partial charge on any atom is 0.243 e. The summed E-state index contributed by atoms with van der Waals surface area (Å²) in [5.74, 6) is 0. The van der Waals surface area contributed by atoms with Crippen LogP contribution in [0.25, 0.3) is 0 Å². The second kappa shape index (κ2) is 6.47. The first-order valence-electron chi connectivity index (χ1n) is 6.36. The molecule has 1 atom stereocenters. The Morgan fingerprint density at radius 3 is 3.11 bits per heavy atom. The number of aliphatic hydroxyl groups is 1. The van der Waals surface area contributed by atoms with E-state index >= 15 is 0 Å². The first kappa shape index (κ1) is 14.4. The third-order valence-corrected chi connectivity index (χ3v) is 4.45. The van der Waals surface area contributed by atoms with Gasteiger partial charge in [-0.2, -0.15) is 5.10 Å². The summed E-state index contributed by atoms with van der Waals surface area (Å²) >= 11 is 0. The zero-order valence-electron chi connectivity index (χ0n) is 10.7. The lowest BCUT2D eigenvalue weighted by Crippen LogP contribution is -2.27. The normalized spacial score (nSPS) is 19.9. The lowest BCUT2D eigenvalue weighted by molar-refractivity contribution is 0.105. The summed E-state index contributed by atoms with van der Waals surface area (Å²) in [7, 11) is -3.52. The zero-order chi connectivity index (χ0) is 13.7. The Bertz CT molecular complexity index is 494. The van der Waals surface area contributed by atoms with E-state index in [-0.39, 0.29) is 24.2 Å². The van der Waals surface area contributed by atoms with Crippen molar-refractivity contribution in [3.05, 3.63) is 12.4 Å². The Kier molecular flexibility index (Phi) is 4.92. The molecule has 2 heterocycles. The van der Waals surface area contributed by atoms with E-state index in [1.54, 1.807) is 0 Å². The topological polar surface area (TPSA) is 93.5 Å². The third-order valence-electron chi connectivity index (χ3n) is 3.03. The highest BCUT2D eigenvalue weighted by Gasteiger charge is 2.19. The minimum Gasteiger partial charge on any atom is -0.394 e. The molecule has 1 aliphatic rings. The van der Waals surface area contributed by atoms with Gasteiger partial charge in [0.1, 0.15) is 4.90 Å². The highest BCUT2D eigenvalue weighted by Crippen LogP contribution is 2.15. The Balaban J connectivity index is 1.85. The van der Waals surface area contributed by atoms with Gasteiger partial charge in [-0.3, -0.25) is 4.68 Å². The Morgan fingerprint density at radius 2 is 2.42 bits per heavy atom. The van der Waals surface area contributed by atoms with E-state index in [4.69, 9.17) is 9.84 Å². The van der Waals surface area contributed by atoms with Gasteiger partial charge in [0.25, 0.3) is 0 Å². The van der Waals surface area contributed by atoms with Crippen LogP contribution in [0.3, 0.4) is 0 Å². The number of nitrogens with zero attached hydrogens (tertiary/aromatic N) is 2. The van der Waals surface area contributed by atoms with Gasteiger partial charge in [0, 0.05) is 19.3 Å². The van der Waals surface area contributed by atoms with E-state index in [0.29, 0.717) is 13.0 Å². The Labute approximate surface area is 112 Å². The zero-order valence-corrected chi connectivity index (χ0v) is 11.5. The van der Waals surface area contributed by atoms with E-state index in [1.165, 1.54) is 17.1 Å². The van der Waals surface area contributed by atoms with Crippen LogP contribution in [-0.4, -0.2) is 49.2 Å². The van der Waals surface area contributed by atoms with Crippen molar-refractivity contribution in [2.24, 2.45) is 0 Å². The molecule has 0 saturated carbocycles. The maximum absolute atomic E-state index is 12.0. The van der Waals surface area contributed by atoms with Crippen molar-refractivity contribution in [3.63, 3.8) is 0 Å². The molecule has 1 unspecified atom stereocenters. The number of aromatic nitrogens is 2. The molecule has 1 saturated heterocycles. The molecule has 19 heavy (non-hydrogen) atoms. The molecule has 2 N–H and O–H groups in total. The van der Waals surface area contributed by atoms with Crippen molar-refractivity contribution in [1.82, 2.24) is 14.5 Å². The number of nitrogens with one attached hydrogen (secondary N) is 1. The summed E-state index contributed by atoms with van der Waals surface area (Å²) in [4.78, 5) is 0.119. The van der Waals surface area contributed by atoms with Crippen LogP contribution >= 0.6 is 0 Å². The van der Waals surface area contributed by atoms with Crippen molar-refractivity contribution >= 4 is 10.0 Å². The van der Waals surface area contributed by atoms with Crippen LogP contribution in [0, 0.1) is 0 Å². The molecule has 0 amide bonds. The van der Waals surface area contributed by atoms with Crippen molar-refractivity contribution in [1.29, 1.82) is 0 Å². The number of ether oxygens (including phenoxy) is 1. The number of sulfonamides is 1. The standard InChI is InChI=1S/C11H19N3O4S/c15-6-5-14-9-11(8-12-14)19(16,17)13-4-3-10-2-1-7-18-10/h8-10,13,15H,1-7H2. The first-order chi connectivity index (χ1) is 9.12. The molecular weight excluding hydrogens is 270 g/mol. The van der Waals surface area contributed by atoms with Crippen molar-refractivity contribution in [2.75, 3.05) is 19.8 Å². The largest absolute Gasteiger partial charge is 0.394 e. The van der Waals surface area contributed by atoms with Crippen LogP contribution < -0.4 is 4.72 Å². The second-order valence-corrected chi connectivity index (χ2v) is 6.25. The van der Waals surface area contributed by atoms with Crippen LogP contribution in [0.2, 0.25) is 0 Å². The molecule has 1 aromatic heterocycles. The number of hydrogen-bond acceptors (Lipinski definition) is 5. The van der Waals surface area contributed by atoms with E-state index in [9.17, 15) is 8.42 Å². The average molecular weight is 289 g/mol. The van der Waals surface area contributed by atoms with Crippen LogP contribution in [0.4, 0.5) is 0 Å². The van der Waals surface area contributed by atoms with Gasteiger partial charge >= 0.3 is 0 Å². The van der Waals surface area contributed by atoms with Gasteiger partial charge in [-0.05, 0) is 19.3 Å². The van der Waals surface area contributed by atoms with Gasteiger partial charge in [-0.1, -0.05) is 0 Å². The molecule has 2 rings (SSSR count). The van der Waals surface area contributed by atoms with Crippen LogP contribution in [-0.2, 0) is 21.3 Å². The highest BCUT2D eigenvalue weighted by atomic mass is 32.2. The molecule has 0 radical (unpaired) electrons. The second-order valence-electron chi connectivity index (χ2n) is 4.48. The van der Waals surface area contributed by atoms with Crippen molar-refractivity contribution < 1.29 is 18.3 Å². The summed E-state index contributed by atoms with van der Waals surface area (Å²) in [5.41, 5.74) is 0. The summed E-state index contributed by atoms with van der Waals surface area (Å²) < 4.78 is 33.3.